The number of anilines is 1. The fraction of sp³-hybridized carbons (Fsp3) is 0.810. The fourth-order valence-corrected chi connectivity index (χ4v) is 4.89. The SMILES string of the molecule is Cc1cc2n(n1)[C@@H](C(F)(F)F)C[C@@H](C1CCN(C(=O)COCC3CCCCO3)CC1)N2. The first-order valence-electron chi connectivity index (χ1n) is 11.2. The second kappa shape index (κ2) is 9.36. The molecule has 0 radical (unpaired) electrons. The van der Waals surface area contributed by atoms with Gasteiger partial charge in [0.25, 0.3) is 0 Å². The van der Waals surface area contributed by atoms with Gasteiger partial charge in [0.05, 0.1) is 18.4 Å². The largest absolute Gasteiger partial charge is 0.410 e. The number of aryl methyl sites for hydroxylation is 1. The normalized spacial score (nSPS) is 27.6. The van der Waals surface area contributed by atoms with Gasteiger partial charge < -0.3 is 19.7 Å². The van der Waals surface area contributed by atoms with Gasteiger partial charge in [-0.3, -0.25) is 4.79 Å². The van der Waals surface area contributed by atoms with Gasteiger partial charge in [-0.25, -0.2) is 4.68 Å². The maximum atomic E-state index is 13.6. The van der Waals surface area contributed by atoms with Crippen molar-refractivity contribution in [3.8, 4) is 0 Å². The molecule has 4 rings (SSSR count). The number of piperidine rings is 1. The Hall–Kier alpha value is -1.81. The van der Waals surface area contributed by atoms with E-state index in [1.54, 1.807) is 17.9 Å². The summed E-state index contributed by atoms with van der Waals surface area (Å²) in [5, 5.41) is 7.30. The molecular weight excluding hydrogens is 413 g/mol. The Kier molecular flexibility index (Phi) is 6.76. The van der Waals surface area contributed by atoms with Crippen molar-refractivity contribution in [2.75, 3.05) is 38.2 Å². The Morgan fingerprint density at radius 2 is 2.06 bits per heavy atom. The highest BCUT2D eigenvalue weighted by Gasteiger charge is 2.47. The molecule has 0 aromatic carbocycles. The number of nitrogens with zero attached hydrogens (tertiary/aromatic N) is 3. The zero-order valence-electron chi connectivity index (χ0n) is 17.9. The van der Waals surface area contributed by atoms with Gasteiger partial charge in [-0.1, -0.05) is 0 Å². The van der Waals surface area contributed by atoms with Gasteiger partial charge in [0, 0.05) is 31.8 Å². The Morgan fingerprint density at radius 3 is 2.74 bits per heavy atom. The smallest absolute Gasteiger partial charge is 0.376 e. The Bertz CT molecular complexity index is 756. The summed E-state index contributed by atoms with van der Waals surface area (Å²) in [5.74, 6) is 0.440. The molecule has 0 spiro atoms. The third kappa shape index (κ3) is 5.34. The van der Waals surface area contributed by atoms with E-state index in [2.05, 4.69) is 10.4 Å². The van der Waals surface area contributed by atoms with Crippen molar-refractivity contribution in [2.24, 2.45) is 5.92 Å². The highest BCUT2D eigenvalue weighted by molar-refractivity contribution is 5.77. The number of nitrogens with one attached hydrogen (secondary N) is 1. The first-order chi connectivity index (χ1) is 14.8. The molecule has 7 nitrogen and oxygen atoms in total. The van der Waals surface area contributed by atoms with E-state index in [1.165, 1.54) is 0 Å². The van der Waals surface area contributed by atoms with Crippen LogP contribution in [-0.4, -0.2) is 71.8 Å². The van der Waals surface area contributed by atoms with E-state index in [4.69, 9.17) is 9.47 Å². The molecule has 3 atom stereocenters. The van der Waals surface area contributed by atoms with Crippen LogP contribution in [0.1, 0.15) is 50.3 Å². The molecule has 2 saturated heterocycles. The number of rotatable bonds is 5. The third-order valence-electron chi connectivity index (χ3n) is 6.61. The van der Waals surface area contributed by atoms with Crippen molar-refractivity contribution in [2.45, 2.75) is 69.8 Å². The number of ether oxygens (including phenoxy) is 2. The maximum Gasteiger partial charge on any atom is 0.410 e. The average Bonchev–Trinajstić information content (AvgIpc) is 3.13. The summed E-state index contributed by atoms with van der Waals surface area (Å²) < 4.78 is 53.1. The van der Waals surface area contributed by atoms with Crippen LogP contribution in [-0.2, 0) is 14.3 Å². The summed E-state index contributed by atoms with van der Waals surface area (Å²) in [4.78, 5) is 14.2. The van der Waals surface area contributed by atoms with Crippen LogP contribution in [0.2, 0.25) is 0 Å². The van der Waals surface area contributed by atoms with Crippen LogP contribution in [0.15, 0.2) is 6.07 Å². The van der Waals surface area contributed by atoms with E-state index in [1.807, 2.05) is 0 Å². The van der Waals surface area contributed by atoms with Crippen molar-refractivity contribution >= 4 is 11.7 Å². The summed E-state index contributed by atoms with van der Waals surface area (Å²) >= 11 is 0. The van der Waals surface area contributed by atoms with Gasteiger partial charge in [0.2, 0.25) is 5.91 Å². The van der Waals surface area contributed by atoms with E-state index >= 15 is 0 Å². The molecule has 0 bridgehead atoms. The lowest BCUT2D eigenvalue weighted by molar-refractivity contribution is -0.174. The molecule has 3 aliphatic rings. The van der Waals surface area contributed by atoms with Crippen molar-refractivity contribution in [3.63, 3.8) is 0 Å². The third-order valence-corrected chi connectivity index (χ3v) is 6.61. The number of hydrogen-bond donors (Lipinski definition) is 1. The standard InChI is InChI=1S/C21H31F3N4O3/c1-14-10-19-25-17(11-18(21(22,23)24)28(19)26-14)15-5-7-27(8-6-15)20(29)13-30-12-16-4-2-3-9-31-16/h10,15-18,25H,2-9,11-13H2,1H3/t16?,17-,18+/m0/s1. The van der Waals surface area contributed by atoms with Gasteiger partial charge >= 0.3 is 6.18 Å². The van der Waals surface area contributed by atoms with Crippen molar-refractivity contribution in [1.82, 2.24) is 14.7 Å². The minimum absolute atomic E-state index is 0.0286. The second-order valence-corrected chi connectivity index (χ2v) is 8.88. The first-order valence-corrected chi connectivity index (χ1v) is 11.2. The monoisotopic (exact) mass is 444 g/mol. The van der Waals surface area contributed by atoms with Gasteiger partial charge in [0.1, 0.15) is 12.4 Å². The number of halogens is 3. The summed E-state index contributed by atoms with van der Waals surface area (Å²) in [6.45, 7) is 3.99. The lowest BCUT2D eigenvalue weighted by Crippen LogP contribution is -2.47. The highest BCUT2D eigenvalue weighted by Crippen LogP contribution is 2.42. The van der Waals surface area contributed by atoms with E-state index in [-0.39, 0.29) is 37.0 Å². The molecule has 2 fully saturated rings. The molecular formula is C21H31F3N4O3. The van der Waals surface area contributed by atoms with E-state index in [9.17, 15) is 18.0 Å². The highest BCUT2D eigenvalue weighted by atomic mass is 19.4. The van der Waals surface area contributed by atoms with E-state index < -0.39 is 12.2 Å². The van der Waals surface area contributed by atoms with Crippen LogP contribution in [0.4, 0.5) is 19.0 Å². The number of carbonyl (C=O) groups is 1. The first kappa shape index (κ1) is 22.4. The topological polar surface area (TPSA) is 68.6 Å². The van der Waals surface area contributed by atoms with Crippen LogP contribution in [0.5, 0.6) is 0 Å². The number of hydrogen-bond acceptors (Lipinski definition) is 5. The fourth-order valence-electron chi connectivity index (χ4n) is 4.89. The number of aromatic nitrogens is 2. The van der Waals surface area contributed by atoms with Crippen molar-refractivity contribution in [1.29, 1.82) is 0 Å². The quantitative estimate of drug-likeness (QED) is 0.755. The summed E-state index contributed by atoms with van der Waals surface area (Å²) in [7, 11) is 0. The number of likely N-dealkylation sites (tertiary alicyclic amines) is 1. The molecule has 3 aliphatic heterocycles. The van der Waals surface area contributed by atoms with Gasteiger partial charge in [-0.15, -0.1) is 0 Å². The molecule has 0 saturated carbocycles. The van der Waals surface area contributed by atoms with Crippen LogP contribution < -0.4 is 5.32 Å². The Balaban J connectivity index is 1.27. The maximum absolute atomic E-state index is 13.6. The zero-order valence-corrected chi connectivity index (χ0v) is 17.9. The van der Waals surface area contributed by atoms with Crippen LogP contribution in [0.25, 0.3) is 0 Å². The molecule has 4 heterocycles. The molecule has 1 unspecified atom stereocenters. The predicted molar refractivity (Wildman–Crippen MR) is 108 cm³/mol. The van der Waals surface area contributed by atoms with Crippen LogP contribution in [0.3, 0.4) is 0 Å². The van der Waals surface area contributed by atoms with Gasteiger partial charge in [-0.05, 0) is 51.4 Å². The molecule has 174 valence electrons. The minimum Gasteiger partial charge on any atom is -0.376 e. The Labute approximate surface area is 180 Å². The van der Waals surface area contributed by atoms with E-state index in [0.29, 0.717) is 44.0 Å². The Morgan fingerprint density at radius 1 is 1.29 bits per heavy atom. The minimum atomic E-state index is -4.34. The molecule has 1 aromatic heterocycles. The number of alkyl halides is 3. The second-order valence-electron chi connectivity index (χ2n) is 8.88. The molecule has 1 N–H and O–H groups in total. The number of carbonyl (C=O) groups excluding carboxylic acids is 1. The lowest BCUT2D eigenvalue weighted by Gasteiger charge is -2.41. The summed E-state index contributed by atoms with van der Waals surface area (Å²) in [6.07, 6.45) is 0.199. The van der Waals surface area contributed by atoms with Crippen LogP contribution in [0, 0.1) is 12.8 Å². The summed E-state index contributed by atoms with van der Waals surface area (Å²) in [6, 6.07) is -0.235. The van der Waals surface area contributed by atoms with Crippen LogP contribution >= 0.6 is 0 Å². The zero-order chi connectivity index (χ0) is 22.0. The molecule has 0 aliphatic carbocycles. The average molecular weight is 444 g/mol. The predicted octanol–water partition coefficient (Wildman–Crippen LogP) is 3.30. The molecule has 10 heteroatoms. The number of fused-ring (bicyclic) bond motifs is 1. The van der Waals surface area contributed by atoms with Gasteiger partial charge in [0.15, 0.2) is 6.04 Å². The number of amides is 1. The van der Waals surface area contributed by atoms with Gasteiger partial charge in [-0.2, -0.15) is 18.3 Å². The molecule has 1 amide bonds. The summed E-state index contributed by atoms with van der Waals surface area (Å²) in [5.41, 5.74) is 0.566. The van der Waals surface area contributed by atoms with E-state index in [0.717, 1.165) is 30.6 Å². The van der Waals surface area contributed by atoms with Crippen molar-refractivity contribution in [3.05, 3.63) is 11.8 Å². The molecule has 31 heavy (non-hydrogen) atoms. The van der Waals surface area contributed by atoms with Crippen molar-refractivity contribution < 1.29 is 27.4 Å². The lowest BCUT2D eigenvalue weighted by atomic mass is 9.84. The molecule has 1 aromatic rings.